The molecule has 1 aliphatic carbocycles. The second kappa shape index (κ2) is 5.96. The molecule has 0 saturated heterocycles. The largest absolute Gasteiger partial charge is 0.354 e. The Morgan fingerprint density at radius 3 is 2.79 bits per heavy atom. The lowest BCUT2D eigenvalue weighted by Crippen LogP contribution is -2.07. The minimum atomic E-state index is 0.671. The van der Waals surface area contributed by atoms with Gasteiger partial charge in [-0.05, 0) is 41.6 Å². The Bertz CT molecular complexity index is 529. The van der Waals surface area contributed by atoms with Gasteiger partial charge < -0.3 is 5.32 Å². The Kier molecular flexibility index (Phi) is 4.08. The second-order valence-electron chi connectivity index (χ2n) is 4.59. The van der Waals surface area contributed by atoms with Crippen molar-refractivity contribution in [3.05, 3.63) is 32.4 Å². The fourth-order valence-electron chi connectivity index (χ4n) is 2.20. The summed E-state index contributed by atoms with van der Waals surface area (Å²) in [4.78, 5) is 14.6. The van der Waals surface area contributed by atoms with Crippen LogP contribution in [0.15, 0.2) is 16.9 Å². The van der Waals surface area contributed by atoms with Gasteiger partial charge in [-0.2, -0.15) is 0 Å². The van der Waals surface area contributed by atoms with E-state index in [2.05, 4.69) is 31.2 Å². The zero-order valence-corrected chi connectivity index (χ0v) is 12.9. The van der Waals surface area contributed by atoms with Gasteiger partial charge in [-0.15, -0.1) is 11.3 Å². The first-order valence-corrected chi connectivity index (χ1v) is 8.11. The molecule has 100 valence electrons. The van der Waals surface area contributed by atoms with Gasteiger partial charge in [0.15, 0.2) is 0 Å². The van der Waals surface area contributed by atoms with Crippen LogP contribution in [0.25, 0.3) is 0 Å². The number of aryl methyl sites for hydroxylation is 2. The van der Waals surface area contributed by atoms with Gasteiger partial charge in [0.2, 0.25) is 5.95 Å². The zero-order chi connectivity index (χ0) is 13.1. The molecule has 0 atom stereocenters. The Morgan fingerprint density at radius 2 is 2.00 bits per heavy atom. The summed E-state index contributed by atoms with van der Waals surface area (Å²) in [6.07, 6.45) is 9.43. The number of halogens is 1. The zero-order valence-electron chi connectivity index (χ0n) is 10.5. The van der Waals surface area contributed by atoms with E-state index < -0.39 is 0 Å². The van der Waals surface area contributed by atoms with Crippen molar-refractivity contribution in [3.63, 3.8) is 0 Å². The summed E-state index contributed by atoms with van der Waals surface area (Å²) in [5.74, 6) is 0.671. The summed E-state index contributed by atoms with van der Waals surface area (Å²) in [5.41, 5.74) is 1.34. The predicted octanol–water partition coefficient (Wildman–Crippen LogP) is 3.23. The van der Waals surface area contributed by atoms with Crippen molar-refractivity contribution < 1.29 is 0 Å². The molecule has 2 aromatic rings. The summed E-state index contributed by atoms with van der Waals surface area (Å²) in [7, 11) is 0. The van der Waals surface area contributed by atoms with Gasteiger partial charge in [0, 0.05) is 30.2 Å². The number of anilines is 1. The van der Waals surface area contributed by atoms with E-state index >= 15 is 0 Å². The standard InChI is InChI=1S/C13H15BrN4S/c14-9-7-16-13(17-8-9)15-6-5-12-18-10-3-1-2-4-11(10)19-12/h7-8H,1-6H2,(H,15,16,17). The maximum atomic E-state index is 4.73. The molecule has 1 N–H and O–H groups in total. The Labute approximate surface area is 124 Å². The molecule has 0 aliphatic heterocycles. The van der Waals surface area contributed by atoms with E-state index in [-0.39, 0.29) is 0 Å². The number of hydrogen-bond donors (Lipinski definition) is 1. The molecule has 19 heavy (non-hydrogen) atoms. The highest BCUT2D eigenvalue weighted by Crippen LogP contribution is 2.26. The van der Waals surface area contributed by atoms with Crippen LogP contribution >= 0.6 is 27.3 Å². The highest BCUT2D eigenvalue weighted by Gasteiger charge is 2.14. The predicted molar refractivity (Wildman–Crippen MR) is 80.7 cm³/mol. The van der Waals surface area contributed by atoms with Crippen molar-refractivity contribution in [1.29, 1.82) is 0 Å². The van der Waals surface area contributed by atoms with Gasteiger partial charge in [0.05, 0.1) is 15.2 Å². The molecule has 6 heteroatoms. The van der Waals surface area contributed by atoms with Gasteiger partial charge in [0.1, 0.15) is 0 Å². The summed E-state index contributed by atoms with van der Waals surface area (Å²) >= 11 is 5.20. The van der Waals surface area contributed by atoms with Crippen molar-refractivity contribution in [2.45, 2.75) is 32.1 Å². The topological polar surface area (TPSA) is 50.7 Å². The summed E-state index contributed by atoms with van der Waals surface area (Å²) < 4.78 is 0.894. The molecular weight excluding hydrogens is 324 g/mol. The van der Waals surface area contributed by atoms with E-state index in [0.717, 1.165) is 23.9 Å². The monoisotopic (exact) mass is 338 g/mol. The molecule has 1 aliphatic rings. The summed E-state index contributed by atoms with van der Waals surface area (Å²) in [5, 5.41) is 4.46. The van der Waals surface area contributed by atoms with Gasteiger partial charge >= 0.3 is 0 Å². The summed E-state index contributed by atoms with van der Waals surface area (Å²) in [6.45, 7) is 0.827. The van der Waals surface area contributed by atoms with E-state index in [1.807, 2.05) is 11.3 Å². The number of rotatable bonds is 4. The molecule has 0 radical (unpaired) electrons. The highest BCUT2D eigenvalue weighted by atomic mass is 79.9. The molecule has 0 saturated carbocycles. The third-order valence-corrected chi connectivity index (χ3v) is 4.76. The molecule has 0 aromatic carbocycles. The van der Waals surface area contributed by atoms with E-state index in [0.29, 0.717) is 5.95 Å². The number of fused-ring (bicyclic) bond motifs is 1. The van der Waals surface area contributed by atoms with Crippen LogP contribution in [0.3, 0.4) is 0 Å². The number of thiazole rings is 1. The van der Waals surface area contributed by atoms with Crippen molar-refractivity contribution >= 4 is 33.2 Å². The van der Waals surface area contributed by atoms with Crippen LogP contribution in [0.2, 0.25) is 0 Å². The van der Waals surface area contributed by atoms with Gasteiger partial charge in [-0.1, -0.05) is 0 Å². The first kappa shape index (κ1) is 13.0. The van der Waals surface area contributed by atoms with Crippen LogP contribution in [0, 0.1) is 0 Å². The third kappa shape index (κ3) is 3.30. The SMILES string of the molecule is Brc1cnc(NCCc2nc3c(s2)CCCC3)nc1. The molecular formula is C13H15BrN4S. The van der Waals surface area contributed by atoms with Crippen molar-refractivity contribution in [2.24, 2.45) is 0 Å². The molecule has 0 unspecified atom stereocenters. The van der Waals surface area contributed by atoms with Crippen LogP contribution in [0.4, 0.5) is 5.95 Å². The summed E-state index contributed by atoms with van der Waals surface area (Å²) in [6, 6.07) is 0. The average Bonchev–Trinajstić information content (AvgIpc) is 2.83. The lowest BCUT2D eigenvalue weighted by atomic mass is 10.0. The number of aromatic nitrogens is 3. The minimum Gasteiger partial charge on any atom is -0.354 e. The molecule has 0 bridgehead atoms. The lowest BCUT2D eigenvalue weighted by Gasteiger charge is -2.06. The van der Waals surface area contributed by atoms with E-state index in [9.17, 15) is 0 Å². The van der Waals surface area contributed by atoms with E-state index in [4.69, 9.17) is 4.98 Å². The van der Waals surface area contributed by atoms with Gasteiger partial charge in [-0.25, -0.2) is 15.0 Å². The quantitative estimate of drug-likeness (QED) is 0.929. The maximum absolute atomic E-state index is 4.73. The van der Waals surface area contributed by atoms with Crippen LogP contribution in [0.5, 0.6) is 0 Å². The Balaban J connectivity index is 1.54. The van der Waals surface area contributed by atoms with Crippen LogP contribution < -0.4 is 5.32 Å². The fourth-order valence-corrected chi connectivity index (χ4v) is 3.56. The van der Waals surface area contributed by atoms with Crippen molar-refractivity contribution in [3.8, 4) is 0 Å². The number of nitrogens with one attached hydrogen (secondary N) is 1. The molecule has 0 spiro atoms. The molecule has 2 heterocycles. The fraction of sp³-hybridized carbons (Fsp3) is 0.462. The Hall–Kier alpha value is -1.01. The van der Waals surface area contributed by atoms with Gasteiger partial charge in [-0.3, -0.25) is 0 Å². The van der Waals surface area contributed by atoms with Crippen LogP contribution in [0.1, 0.15) is 28.4 Å². The van der Waals surface area contributed by atoms with Crippen LogP contribution in [-0.2, 0) is 19.3 Å². The maximum Gasteiger partial charge on any atom is 0.222 e. The molecule has 2 aromatic heterocycles. The third-order valence-electron chi connectivity index (χ3n) is 3.13. The highest BCUT2D eigenvalue weighted by molar-refractivity contribution is 9.10. The van der Waals surface area contributed by atoms with E-state index in [1.54, 1.807) is 12.4 Å². The van der Waals surface area contributed by atoms with Gasteiger partial charge in [0.25, 0.3) is 0 Å². The van der Waals surface area contributed by atoms with Crippen molar-refractivity contribution in [1.82, 2.24) is 15.0 Å². The molecule has 0 fully saturated rings. The molecule has 4 nitrogen and oxygen atoms in total. The first-order valence-electron chi connectivity index (χ1n) is 6.50. The van der Waals surface area contributed by atoms with E-state index in [1.165, 1.54) is 34.8 Å². The second-order valence-corrected chi connectivity index (χ2v) is 6.67. The lowest BCUT2D eigenvalue weighted by molar-refractivity contribution is 0.680. The smallest absolute Gasteiger partial charge is 0.222 e. The average molecular weight is 339 g/mol. The minimum absolute atomic E-state index is 0.671. The number of nitrogens with zero attached hydrogens (tertiary/aromatic N) is 3. The molecule has 0 amide bonds. The Morgan fingerprint density at radius 1 is 1.21 bits per heavy atom. The number of hydrogen-bond acceptors (Lipinski definition) is 5. The first-order chi connectivity index (χ1) is 9.31. The van der Waals surface area contributed by atoms with Crippen LogP contribution in [-0.4, -0.2) is 21.5 Å². The molecule has 3 rings (SSSR count). The normalized spacial score (nSPS) is 14.2. The van der Waals surface area contributed by atoms with Crippen molar-refractivity contribution in [2.75, 3.05) is 11.9 Å².